The first kappa shape index (κ1) is 24.4. The minimum absolute atomic E-state index is 0.0556. The fourth-order valence-electron chi connectivity index (χ4n) is 4.63. The highest BCUT2D eigenvalue weighted by molar-refractivity contribution is 5.79. The number of H-pyrrole nitrogens is 1. The van der Waals surface area contributed by atoms with Gasteiger partial charge in [0.1, 0.15) is 0 Å². The fourth-order valence-corrected chi connectivity index (χ4v) is 4.63. The maximum absolute atomic E-state index is 13.4. The summed E-state index contributed by atoms with van der Waals surface area (Å²) in [6.45, 7) is 3.43. The normalized spacial score (nSPS) is 11.2. The van der Waals surface area contributed by atoms with Gasteiger partial charge in [0.05, 0.1) is 6.54 Å². The van der Waals surface area contributed by atoms with Crippen molar-refractivity contribution in [1.82, 2.24) is 34.7 Å². The molecule has 0 aliphatic heterocycles. The van der Waals surface area contributed by atoms with Gasteiger partial charge < -0.3 is 0 Å². The number of aryl methyl sites for hydroxylation is 3. The number of hydrogen-bond acceptors (Lipinski definition) is 5. The summed E-state index contributed by atoms with van der Waals surface area (Å²) in [5.74, 6) is 0.507. The number of tetrazole rings is 1. The van der Waals surface area contributed by atoms with Gasteiger partial charge in [0.25, 0.3) is 0 Å². The van der Waals surface area contributed by atoms with Crippen LogP contribution >= 0.6 is 0 Å². The largest absolute Gasteiger partial charge is 0.328 e. The van der Waals surface area contributed by atoms with Gasteiger partial charge in [0, 0.05) is 36.4 Å². The molecule has 3 aromatic heterocycles. The van der Waals surface area contributed by atoms with Crippen LogP contribution in [0.25, 0.3) is 22.5 Å². The number of nitrogens with one attached hydrogen (secondary N) is 1. The van der Waals surface area contributed by atoms with E-state index in [4.69, 9.17) is 0 Å². The number of pyridine rings is 1. The van der Waals surface area contributed by atoms with E-state index in [0.29, 0.717) is 18.9 Å². The number of unbranched alkanes of at least 4 members (excludes halogenated alkanes) is 2. The van der Waals surface area contributed by atoms with Crippen LogP contribution in [-0.2, 0) is 25.9 Å². The monoisotopic (exact) mass is 493 g/mol. The van der Waals surface area contributed by atoms with Crippen molar-refractivity contribution in [1.29, 1.82) is 0 Å². The van der Waals surface area contributed by atoms with Crippen molar-refractivity contribution >= 4 is 0 Å². The second-order valence-corrected chi connectivity index (χ2v) is 9.23. The number of nitrogens with zero attached hydrogens (tertiary/aromatic N) is 6. The zero-order valence-electron chi connectivity index (χ0n) is 21.0. The minimum Gasteiger partial charge on any atom is -0.299 e. The summed E-state index contributed by atoms with van der Waals surface area (Å²) in [5, 5.41) is 14.4. The molecule has 2 aromatic carbocycles. The lowest BCUT2D eigenvalue weighted by Gasteiger charge is -2.10. The molecular weight excluding hydrogens is 462 g/mol. The number of aromatic nitrogens is 7. The van der Waals surface area contributed by atoms with Crippen molar-refractivity contribution in [3.8, 4) is 22.5 Å². The van der Waals surface area contributed by atoms with Crippen LogP contribution < -0.4 is 5.69 Å². The quantitative estimate of drug-likeness (QED) is 0.264. The Hall–Kier alpha value is -4.33. The van der Waals surface area contributed by atoms with Crippen LogP contribution in [0.2, 0.25) is 0 Å². The molecule has 0 atom stereocenters. The lowest BCUT2D eigenvalue weighted by Crippen LogP contribution is -2.26. The lowest BCUT2D eigenvalue weighted by molar-refractivity contribution is 0.622. The summed E-state index contributed by atoms with van der Waals surface area (Å²) >= 11 is 0. The van der Waals surface area contributed by atoms with E-state index < -0.39 is 0 Å². The number of rotatable bonds is 11. The fraction of sp³-hybridized carbons (Fsp3) is 0.276. The number of imidazole rings is 1. The van der Waals surface area contributed by atoms with Crippen LogP contribution in [0.15, 0.2) is 84.0 Å². The molecule has 5 aromatic rings. The first-order valence-corrected chi connectivity index (χ1v) is 12.8. The molecule has 0 amide bonds. The molecule has 5 rings (SSSR count). The Morgan fingerprint density at radius 2 is 1.73 bits per heavy atom. The van der Waals surface area contributed by atoms with Gasteiger partial charge in [-0.2, -0.15) is 5.21 Å². The average molecular weight is 494 g/mol. The molecule has 0 radical (unpaired) electrons. The average Bonchev–Trinajstić information content (AvgIpc) is 3.58. The van der Waals surface area contributed by atoms with Gasteiger partial charge >= 0.3 is 5.69 Å². The molecule has 8 nitrogen and oxygen atoms in total. The third-order valence-electron chi connectivity index (χ3n) is 6.66. The van der Waals surface area contributed by atoms with Gasteiger partial charge in [-0.05, 0) is 52.8 Å². The first-order valence-electron chi connectivity index (χ1n) is 12.8. The predicted octanol–water partition coefficient (Wildman–Crippen LogP) is 4.92. The highest BCUT2D eigenvalue weighted by Crippen LogP contribution is 2.29. The third-order valence-corrected chi connectivity index (χ3v) is 6.66. The van der Waals surface area contributed by atoms with Crippen molar-refractivity contribution in [3.05, 3.63) is 107 Å². The molecule has 188 valence electrons. The summed E-state index contributed by atoms with van der Waals surface area (Å²) in [6, 6.07) is 20.6. The maximum Gasteiger partial charge on any atom is 0.328 e. The second-order valence-electron chi connectivity index (χ2n) is 9.23. The van der Waals surface area contributed by atoms with Crippen molar-refractivity contribution in [2.75, 3.05) is 0 Å². The Kier molecular flexibility index (Phi) is 7.64. The summed E-state index contributed by atoms with van der Waals surface area (Å²) in [7, 11) is 0. The minimum atomic E-state index is 0.0556. The van der Waals surface area contributed by atoms with Crippen LogP contribution in [0.3, 0.4) is 0 Å². The van der Waals surface area contributed by atoms with Crippen LogP contribution in [0.5, 0.6) is 0 Å². The molecular formula is C29H31N7O. The molecule has 0 spiro atoms. The highest BCUT2D eigenvalue weighted by atomic mass is 16.1. The van der Waals surface area contributed by atoms with Gasteiger partial charge in [-0.3, -0.25) is 14.1 Å². The first-order chi connectivity index (χ1) is 18.2. The van der Waals surface area contributed by atoms with E-state index in [-0.39, 0.29) is 5.69 Å². The van der Waals surface area contributed by atoms with Crippen molar-refractivity contribution in [3.63, 3.8) is 0 Å². The highest BCUT2D eigenvalue weighted by Gasteiger charge is 2.14. The van der Waals surface area contributed by atoms with E-state index in [1.54, 1.807) is 12.4 Å². The number of hydrogen-bond donors (Lipinski definition) is 1. The van der Waals surface area contributed by atoms with Gasteiger partial charge in [-0.25, -0.2) is 4.79 Å². The molecule has 37 heavy (non-hydrogen) atoms. The molecule has 3 heterocycles. The van der Waals surface area contributed by atoms with Gasteiger partial charge in [-0.1, -0.05) is 74.4 Å². The summed E-state index contributed by atoms with van der Waals surface area (Å²) in [4.78, 5) is 17.6. The molecule has 1 N–H and O–H groups in total. The van der Waals surface area contributed by atoms with E-state index in [1.165, 1.54) is 5.56 Å². The second kappa shape index (κ2) is 11.6. The van der Waals surface area contributed by atoms with Crippen molar-refractivity contribution in [2.24, 2.45) is 0 Å². The molecule has 0 fully saturated rings. The van der Waals surface area contributed by atoms with Gasteiger partial charge in [0.15, 0.2) is 0 Å². The Morgan fingerprint density at radius 3 is 2.49 bits per heavy atom. The Morgan fingerprint density at radius 1 is 0.892 bits per heavy atom. The summed E-state index contributed by atoms with van der Waals surface area (Å²) in [6.07, 6.45) is 10.7. The van der Waals surface area contributed by atoms with Crippen LogP contribution in [-0.4, -0.2) is 34.7 Å². The van der Waals surface area contributed by atoms with E-state index in [0.717, 1.165) is 60.1 Å². The lowest BCUT2D eigenvalue weighted by atomic mass is 10.00. The molecule has 0 saturated carbocycles. The smallest absolute Gasteiger partial charge is 0.299 e. The van der Waals surface area contributed by atoms with Crippen LogP contribution in [0.1, 0.15) is 43.0 Å². The SMILES string of the molecule is CCCCCc1cn(CCc2ccccc2)c(=O)n1Cc1ccc(-c2ccncc2-c2nn[nH]n2)cc1. The summed E-state index contributed by atoms with van der Waals surface area (Å²) < 4.78 is 3.81. The van der Waals surface area contributed by atoms with E-state index in [1.807, 2.05) is 33.4 Å². The van der Waals surface area contributed by atoms with Gasteiger partial charge in [0.2, 0.25) is 5.82 Å². The summed E-state index contributed by atoms with van der Waals surface area (Å²) in [5.41, 5.74) is 6.30. The predicted molar refractivity (Wildman–Crippen MR) is 144 cm³/mol. The standard InChI is InChI=1S/C29H31N7O/c1-2-3-5-10-25-21-35(18-16-22-8-6-4-7-9-22)29(37)36(25)20-23-11-13-24(14-12-23)26-15-17-30-19-27(26)28-31-33-34-32-28/h4,6-9,11-15,17,19,21H,2-3,5,10,16,18,20H2,1H3,(H,31,32,33,34). The molecule has 0 bridgehead atoms. The molecule has 0 unspecified atom stereocenters. The molecule has 0 aliphatic rings. The van der Waals surface area contributed by atoms with Crippen LogP contribution in [0.4, 0.5) is 0 Å². The van der Waals surface area contributed by atoms with E-state index in [2.05, 4.69) is 75.1 Å². The Balaban J connectivity index is 1.38. The van der Waals surface area contributed by atoms with Crippen molar-refractivity contribution in [2.45, 2.75) is 52.1 Å². The van der Waals surface area contributed by atoms with E-state index >= 15 is 0 Å². The number of aromatic amines is 1. The Bertz CT molecular complexity index is 1470. The third kappa shape index (κ3) is 5.74. The topological polar surface area (TPSA) is 94.3 Å². The van der Waals surface area contributed by atoms with Crippen molar-refractivity contribution < 1.29 is 0 Å². The molecule has 0 aliphatic carbocycles. The van der Waals surface area contributed by atoms with Gasteiger partial charge in [-0.15, -0.1) is 10.2 Å². The maximum atomic E-state index is 13.4. The zero-order chi connectivity index (χ0) is 25.5. The zero-order valence-corrected chi connectivity index (χ0v) is 21.0. The van der Waals surface area contributed by atoms with E-state index in [9.17, 15) is 4.79 Å². The number of benzene rings is 2. The molecule has 8 heteroatoms. The van der Waals surface area contributed by atoms with Crippen LogP contribution in [0, 0.1) is 0 Å². The Labute approximate surface area is 216 Å². The molecule has 0 saturated heterocycles.